The van der Waals surface area contributed by atoms with Crippen LogP contribution in [0, 0.1) is 11.8 Å². The van der Waals surface area contributed by atoms with Crippen molar-refractivity contribution in [1.29, 1.82) is 0 Å². The molecule has 2 atom stereocenters. The topological polar surface area (TPSA) is 161 Å². The zero-order chi connectivity index (χ0) is 29.3. The highest BCUT2D eigenvalue weighted by atomic mass is 79.9. The number of hydrogen-bond donors (Lipinski definition) is 2. The van der Waals surface area contributed by atoms with Crippen LogP contribution in [-0.4, -0.2) is 68.3 Å². The number of ether oxygens (including phenoxy) is 3. The van der Waals surface area contributed by atoms with Gasteiger partial charge in [-0.05, 0) is 66.1 Å². The van der Waals surface area contributed by atoms with Gasteiger partial charge >= 0.3 is 5.97 Å². The van der Waals surface area contributed by atoms with Gasteiger partial charge in [-0.3, -0.25) is 9.59 Å². The zero-order valence-corrected chi connectivity index (χ0v) is 26.8. The van der Waals surface area contributed by atoms with Gasteiger partial charge in [0.05, 0.1) is 0 Å². The maximum atomic E-state index is 12.9. The molecule has 12 nitrogen and oxygen atoms in total. The van der Waals surface area contributed by atoms with Crippen molar-refractivity contribution in [3.8, 4) is 11.5 Å². The number of piperidine rings is 1. The Balaban J connectivity index is 0.00000405. The molecule has 3 aromatic rings. The number of halogens is 2. The first kappa shape index (κ1) is 32.1. The predicted octanol–water partition coefficient (Wildman–Crippen LogP) is 4.02. The first-order chi connectivity index (χ1) is 19.6. The summed E-state index contributed by atoms with van der Waals surface area (Å²) in [5.74, 6) is 1.32. The number of amides is 1. The lowest BCUT2D eigenvalue weighted by Crippen LogP contribution is -2.46. The number of nitrogens with zero attached hydrogens (tertiary/aromatic N) is 5. The van der Waals surface area contributed by atoms with E-state index in [-0.39, 0.29) is 31.0 Å². The molecule has 42 heavy (non-hydrogen) atoms. The number of fused-ring (bicyclic) bond motifs is 2. The number of carbonyl (C=O) groups is 2. The number of rotatable bonds is 9. The second-order valence-electron chi connectivity index (χ2n) is 10.6. The lowest BCUT2D eigenvalue weighted by molar-refractivity contribution is -0.161. The minimum atomic E-state index is -0.860. The number of aryl methyl sites for hydroxylation is 1. The third-order valence-electron chi connectivity index (χ3n) is 7.47. The summed E-state index contributed by atoms with van der Waals surface area (Å²) < 4.78 is 19.3. The van der Waals surface area contributed by atoms with Crippen molar-refractivity contribution in [2.45, 2.75) is 68.8 Å². The van der Waals surface area contributed by atoms with E-state index in [1.807, 2.05) is 26.0 Å². The van der Waals surface area contributed by atoms with Gasteiger partial charge in [0.2, 0.25) is 6.79 Å². The molecule has 0 aliphatic carbocycles. The Bertz CT molecular complexity index is 1450. The minimum Gasteiger partial charge on any atom is -0.454 e. The Morgan fingerprint density at radius 1 is 1.17 bits per heavy atom. The van der Waals surface area contributed by atoms with Gasteiger partial charge in [0, 0.05) is 29.0 Å². The molecule has 2 aromatic heterocycles. The van der Waals surface area contributed by atoms with Crippen LogP contribution in [-0.2, 0) is 20.9 Å². The SMILES string of the molecule is CC(C)[C@H](N)C(=O)O[C@@H](C)C(=O)N1CCC(CCn2c(Sc3cc4c(cc3Br)OCO4)nc3c(N)ncnc32)CC1.Cl. The van der Waals surface area contributed by atoms with Crippen LogP contribution in [0.1, 0.15) is 40.0 Å². The minimum absolute atomic E-state index is 0. The number of carbonyl (C=O) groups excluding carboxylic acids is 2. The van der Waals surface area contributed by atoms with E-state index in [1.54, 1.807) is 11.8 Å². The molecule has 0 bridgehead atoms. The molecule has 2 aliphatic rings. The van der Waals surface area contributed by atoms with Gasteiger partial charge in [-0.1, -0.05) is 25.6 Å². The summed E-state index contributed by atoms with van der Waals surface area (Å²) >= 11 is 5.12. The number of anilines is 1. The van der Waals surface area contributed by atoms with E-state index in [0.29, 0.717) is 54.0 Å². The lowest BCUT2D eigenvalue weighted by atomic mass is 9.93. The number of aromatic nitrogens is 4. The van der Waals surface area contributed by atoms with E-state index in [4.69, 9.17) is 30.7 Å². The van der Waals surface area contributed by atoms with Crippen LogP contribution in [0.3, 0.4) is 0 Å². The summed E-state index contributed by atoms with van der Waals surface area (Å²) in [6, 6.07) is 3.07. The van der Waals surface area contributed by atoms with Gasteiger partial charge in [0.15, 0.2) is 39.7 Å². The molecule has 1 amide bonds. The smallest absolute Gasteiger partial charge is 0.323 e. The predicted molar refractivity (Wildman–Crippen MR) is 164 cm³/mol. The summed E-state index contributed by atoms with van der Waals surface area (Å²) in [6.07, 6.45) is 3.16. The van der Waals surface area contributed by atoms with Crippen LogP contribution < -0.4 is 20.9 Å². The molecule has 15 heteroatoms. The average molecular weight is 685 g/mol. The summed E-state index contributed by atoms with van der Waals surface area (Å²) in [5.41, 5.74) is 13.3. The van der Waals surface area contributed by atoms with E-state index in [9.17, 15) is 9.59 Å². The molecular formula is C27H35BrClN7O5S. The number of nitrogen functional groups attached to an aromatic ring is 1. The molecule has 1 fully saturated rings. The number of nitrogens with two attached hydrogens (primary N) is 2. The van der Waals surface area contributed by atoms with Crippen molar-refractivity contribution in [2.75, 3.05) is 25.6 Å². The molecule has 0 unspecified atom stereocenters. The lowest BCUT2D eigenvalue weighted by Gasteiger charge is -2.33. The second kappa shape index (κ2) is 13.7. The molecule has 4 heterocycles. The van der Waals surface area contributed by atoms with Gasteiger partial charge in [-0.15, -0.1) is 12.4 Å². The fourth-order valence-corrected chi connectivity index (χ4v) is 6.38. The summed E-state index contributed by atoms with van der Waals surface area (Å²) in [7, 11) is 0. The zero-order valence-electron chi connectivity index (χ0n) is 23.6. The van der Waals surface area contributed by atoms with E-state index >= 15 is 0 Å². The Hall–Kier alpha value is -2.81. The van der Waals surface area contributed by atoms with Crippen molar-refractivity contribution >= 4 is 69.0 Å². The Morgan fingerprint density at radius 2 is 1.86 bits per heavy atom. The molecule has 1 saturated heterocycles. The third-order valence-corrected chi connectivity index (χ3v) is 9.44. The van der Waals surface area contributed by atoms with Crippen molar-refractivity contribution in [1.82, 2.24) is 24.4 Å². The van der Waals surface area contributed by atoms with Crippen molar-refractivity contribution in [2.24, 2.45) is 17.6 Å². The van der Waals surface area contributed by atoms with E-state index in [2.05, 4.69) is 30.5 Å². The molecule has 228 valence electrons. The largest absolute Gasteiger partial charge is 0.454 e. The standard InChI is InChI=1S/C27H34BrN7O5S.ClH/c1-14(2)21(29)26(37)40-15(3)25(36)34-7-4-16(5-8-34)6-9-35-24-22(23(30)31-12-32-24)33-27(35)41-20-11-19-18(10-17(20)28)38-13-39-19;/h10-12,14-16,21H,4-9,13,29H2,1-3H3,(H2,30,31,32);1H/t15-,21-;/m0./s1. The molecule has 2 aliphatic heterocycles. The van der Waals surface area contributed by atoms with Crippen LogP contribution in [0.5, 0.6) is 11.5 Å². The van der Waals surface area contributed by atoms with Crippen LogP contribution in [0.15, 0.2) is 33.0 Å². The molecule has 0 radical (unpaired) electrons. The van der Waals surface area contributed by atoms with E-state index in [1.165, 1.54) is 18.1 Å². The van der Waals surface area contributed by atoms with Crippen molar-refractivity contribution < 1.29 is 23.8 Å². The van der Waals surface area contributed by atoms with Crippen molar-refractivity contribution in [3.05, 3.63) is 22.9 Å². The van der Waals surface area contributed by atoms with E-state index in [0.717, 1.165) is 33.8 Å². The molecule has 4 N–H and O–H groups in total. The van der Waals surface area contributed by atoms with Crippen LogP contribution in [0.4, 0.5) is 5.82 Å². The fourth-order valence-electron chi connectivity index (χ4n) is 4.87. The molecule has 5 rings (SSSR count). The van der Waals surface area contributed by atoms with Gasteiger partial charge in [-0.2, -0.15) is 0 Å². The van der Waals surface area contributed by atoms with Crippen LogP contribution >= 0.6 is 40.1 Å². The fraction of sp³-hybridized carbons (Fsp3) is 0.519. The summed E-state index contributed by atoms with van der Waals surface area (Å²) in [6.45, 7) is 7.37. The highest BCUT2D eigenvalue weighted by Gasteiger charge is 2.30. The highest BCUT2D eigenvalue weighted by molar-refractivity contribution is 9.10. The molecular weight excluding hydrogens is 650 g/mol. The van der Waals surface area contributed by atoms with E-state index < -0.39 is 18.1 Å². The highest BCUT2D eigenvalue weighted by Crippen LogP contribution is 2.43. The van der Waals surface area contributed by atoms with Gasteiger partial charge in [-0.25, -0.2) is 15.0 Å². The number of benzene rings is 1. The first-order valence-electron chi connectivity index (χ1n) is 13.6. The van der Waals surface area contributed by atoms with Crippen LogP contribution in [0.2, 0.25) is 0 Å². The summed E-state index contributed by atoms with van der Waals surface area (Å²) in [4.78, 5) is 41.2. The Labute approximate surface area is 262 Å². The maximum absolute atomic E-state index is 12.9. The average Bonchev–Trinajstić information content (AvgIpc) is 3.55. The molecule has 0 saturated carbocycles. The number of likely N-dealkylation sites (tertiary alicyclic amines) is 1. The molecule has 0 spiro atoms. The molecule has 1 aromatic carbocycles. The first-order valence-corrected chi connectivity index (χ1v) is 15.2. The monoisotopic (exact) mass is 683 g/mol. The number of imidazole rings is 1. The normalized spacial score (nSPS) is 16.4. The quantitative estimate of drug-likeness (QED) is 0.313. The van der Waals surface area contributed by atoms with Gasteiger partial charge in [0.1, 0.15) is 12.4 Å². The maximum Gasteiger partial charge on any atom is 0.323 e. The third kappa shape index (κ3) is 6.87. The number of hydrogen-bond acceptors (Lipinski definition) is 11. The van der Waals surface area contributed by atoms with Gasteiger partial charge < -0.3 is 35.1 Å². The summed E-state index contributed by atoms with van der Waals surface area (Å²) in [5, 5.41) is 0.745. The Morgan fingerprint density at radius 3 is 2.55 bits per heavy atom. The van der Waals surface area contributed by atoms with Gasteiger partial charge in [0.25, 0.3) is 5.91 Å². The number of esters is 1. The van der Waals surface area contributed by atoms with Crippen molar-refractivity contribution in [3.63, 3.8) is 0 Å². The van der Waals surface area contributed by atoms with Crippen LogP contribution in [0.25, 0.3) is 11.2 Å². The Kier molecular flexibility index (Phi) is 10.4. The second-order valence-corrected chi connectivity index (χ2v) is 12.5.